The van der Waals surface area contributed by atoms with E-state index in [0.29, 0.717) is 25.7 Å². The molecule has 0 fully saturated rings. The van der Waals surface area contributed by atoms with Crippen LogP contribution in [0.3, 0.4) is 0 Å². The van der Waals surface area contributed by atoms with Crippen LogP contribution in [0.5, 0.6) is 0 Å². The van der Waals surface area contributed by atoms with Crippen LogP contribution in [0.4, 0.5) is 0 Å². The van der Waals surface area contributed by atoms with Gasteiger partial charge in [0.15, 0.2) is 0 Å². The van der Waals surface area contributed by atoms with Crippen LogP contribution in [0.25, 0.3) is 0 Å². The minimum absolute atomic E-state index is 0.575. The van der Waals surface area contributed by atoms with Gasteiger partial charge in [0.1, 0.15) is 0 Å². The van der Waals surface area contributed by atoms with E-state index in [9.17, 15) is 0 Å². The molecule has 0 saturated carbocycles. The molecule has 7 heteroatoms. The Hall–Kier alpha value is -1.60. The highest BCUT2D eigenvalue weighted by Gasteiger charge is 2.06. The number of hydrogen-bond donors (Lipinski definition) is 2. The number of rotatable bonds is 5. The zero-order valence-corrected chi connectivity index (χ0v) is 10.6. The number of nitrogens with one attached hydrogen (secondary N) is 1. The molecule has 0 saturated heterocycles. The van der Waals surface area contributed by atoms with Crippen molar-refractivity contribution in [3.63, 3.8) is 0 Å². The fourth-order valence-corrected chi connectivity index (χ4v) is 1.42. The van der Waals surface area contributed by atoms with E-state index in [4.69, 9.17) is 10.6 Å². The summed E-state index contributed by atoms with van der Waals surface area (Å²) in [6, 6.07) is 0. The number of hydrazine groups is 1. The molecule has 1 aromatic heterocycles. The van der Waals surface area contributed by atoms with Crippen molar-refractivity contribution in [2.75, 3.05) is 27.3 Å². The van der Waals surface area contributed by atoms with Crippen LogP contribution >= 0.6 is 0 Å². The van der Waals surface area contributed by atoms with Crippen LogP contribution in [-0.2, 0) is 18.3 Å². The van der Waals surface area contributed by atoms with Crippen molar-refractivity contribution in [3.05, 3.63) is 18.0 Å². The molecule has 0 radical (unpaired) electrons. The quantitative estimate of drug-likeness (QED) is 0.234. The molecular formula is C10H20N6O. The number of aromatic nitrogens is 2. The summed E-state index contributed by atoms with van der Waals surface area (Å²) in [5.41, 5.74) is 3.68. The first-order chi connectivity index (χ1) is 8.17. The van der Waals surface area contributed by atoms with Crippen LogP contribution in [0.15, 0.2) is 17.4 Å². The fraction of sp³-hybridized carbons (Fsp3) is 0.600. The second-order valence-corrected chi connectivity index (χ2v) is 3.72. The second kappa shape index (κ2) is 6.87. The number of hydrogen-bond acceptors (Lipinski definition) is 4. The first-order valence-corrected chi connectivity index (χ1v) is 5.36. The molecule has 96 valence electrons. The highest BCUT2D eigenvalue weighted by molar-refractivity contribution is 5.79. The molecule has 0 aliphatic heterocycles. The van der Waals surface area contributed by atoms with Crippen molar-refractivity contribution in [2.45, 2.75) is 6.54 Å². The summed E-state index contributed by atoms with van der Waals surface area (Å²) in [5.74, 6) is 6.06. The summed E-state index contributed by atoms with van der Waals surface area (Å²) < 4.78 is 6.70. The number of nitrogens with two attached hydrogens (primary N) is 1. The minimum Gasteiger partial charge on any atom is -0.383 e. The molecule has 3 N–H and O–H groups in total. The third kappa shape index (κ3) is 4.41. The van der Waals surface area contributed by atoms with Gasteiger partial charge in [-0.05, 0) is 0 Å². The Bertz CT molecular complexity index is 361. The summed E-state index contributed by atoms with van der Waals surface area (Å²) in [7, 11) is 5.45. The highest BCUT2D eigenvalue weighted by Crippen LogP contribution is 2.01. The van der Waals surface area contributed by atoms with E-state index in [1.807, 2.05) is 31.4 Å². The third-order valence-electron chi connectivity index (χ3n) is 2.23. The molecule has 7 nitrogen and oxygen atoms in total. The average molecular weight is 240 g/mol. The van der Waals surface area contributed by atoms with Crippen molar-refractivity contribution in [2.24, 2.45) is 17.9 Å². The normalized spacial score (nSPS) is 11.6. The van der Waals surface area contributed by atoms with Gasteiger partial charge < -0.3 is 9.64 Å². The van der Waals surface area contributed by atoms with E-state index in [1.165, 1.54) is 0 Å². The monoisotopic (exact) mass is 240 g/mol. The first kappa shape index (κ1) is 13.5. The SMILES string of the molecule is COCCN=C(NN)N(C)Cc1cnn(C)c1. The molecule has 0 unspecified atom stereocenters. The minimum atomic E-state index is 0.575. The number of aliphatic imine (C=N–C) groups is 1. The largest absolute Gasteiger partial charge is 0.383 e. The van der Waals surface area contributed by atoms with E-state index in [0.717, 1.165) is 5.56 Å². The topological polar surface area (TPSA) is 80.7 Å². The Morgan fingerprint density at radius 2 is 2.47 bits per heavy atom. The standard InChI is InChI=1S/C10H20N6O/c1-15(7-9-6-13-16(2)8-9)10(14-11)12-4-5-17-3/h6,8H,4-5,7,11H2,1-3H3,(H,12,14). The average Bonchev–Trinajstić information content (AvgIpc) is 2.70. The summed E-state index contributed by atoms with van der Waals surface area (Å²) in [4.78, 5) is 6.21. The lowest BCUT2D eigenvalue weighted by Gasteiger charge is -2.19. The predicted octanol–water partition coefficient (Wildman–Crippen LogP) is -0.682. The van der Waals surface area contributed by atoms with Gasteiger partial charge in [0.25, 0.3) is 0 Å². The molecule has 0 amide bonds. The highest BCUT2D eigenvalue weighted by atomic mass is 16.5. The Kier molecular flexibility index (Phi) is 5.44. The Morgan fingerprint density at radius 1 is 1.71 bits per heavy atom. The van der Waals surface area contributed by atoms with Gasteiger partial charge in [-0.25, -0.2) is 10.8 Å². The van der Waals surface area contributed by atoms with Crippen molar-refractivity contribution in [1.29, 1.82) is 0 Å². The maximum absolute atomic E-state index is 5.43. The Morgan fingerprint density at radius 3 is 3.00 bits per heavy atom. The Balaban J connectivity index is 2.54. The molecule has 1 heterocycles. The zero-order valence-electron chi connectivity index (χ0n) is 10.6. The molecule has 1 rings (SSSR count). The Labute approximate surface area is 101 Å². The van der Waals surface area contributed by atoms with E-state index < -0.39 is 0 Å². The van der Waals surface area contributed by atoms with E-state index in [1.54, 1.807) is 11.8 Å². The molecule has 0 aliphatic carbocycles. The molecule has 0 bridgehead atoms. The fourth-order valence-electron chi connectivity index (χ4n) is 1.42. The molecular weight excluding hydrogens is 220 g/mol. The van der Waals surface area contributed by atoms with Crippen molar-refractivity contribution in [3.8, 4) is 0 Å². The van der Waals surface area contributed by atoms with E-state index in [2.05, 4.69) is 15.5 Å². The van der Waals surface area contributed by atoms with Crippen molar-refractivity contribution in [1.82, 2.24) is 20.1 Å². The van der Waals surface area contributed by atoms with E-state index in [-0.39, 0.29) is 0 Å². The zero-order chi connectivity index (χ0) is 12.7. The van der Waals surface area contributed by atoms with Gasteiger partial charge in [-0.2, -0.15) is 5.10 Å². The second-order valence-electron chi connectivity index (χ2n) is 3.72. The van der Waals surface area contributed by atoms with Crippen LogP contribution in [0, 0.1) is 0 Å². The van der Waals surface area contributed by atoms with Crippen LogP contribution < -0.4 is 11.3 Å². The third-order valence-corrected chi connectivity index (χ3v) is 2.23. The van der Waals surface area contributed by atoms with Crippen molar-refractivity contribution < 1.29 is 4.74 Å². The first-order valence-electron chi connectivity index (χ1n) is 5.36. The lowest BCUT2D eigenvalue weighted by Crippen LogP contribution is -2.42. The molecule has 1 aromatic rings. The van der Waals surface area contributed by atoms with Gasteiger partial charge in [-0.15, -0.1) is 0 Å². The van der Waals surface area contributed by atoms with Gasteiger partial charge in [0.2, 0.25) is 5.96 Å². The maximum Gasteiger partial charge on any atom is 0.208 e. The predicted molar refractivity (Wildman–Crippen MR) is 66.2 cm³/mol. The number of methoxy groups -OCH3 is 1. The lowest BCUT2D eigenvalue weighted by atomic mass is 10.3. The summed E-state index contributed by atoms with van der Waals surface area (Å²) in [6.07, 6.45) is 3.78. The maximum atomic E-state index is 5.43. The molecule has 0 atom stereocenters. The molecule has 0 spiro atoms. The lowest BCUT2D eigenvalue weighted by molar-refractivity contribution is 0.207. The smallest absolute Gasteiger partial charge is 0.208 e. The van der Waals surface area contributed by atoms with Gasteiger partial charge in [-0.3, -0.25) is 10.1 Å². The molecule has 0 aromatic carbocycles. The molecule has 0 aliphatic rings. The van der Waals surface area contributed by atoms with Crippen molar-refractivity contribution >= 4 is 5.96 Å². The van der Waals surface area contributed by atoms with Gasteiger partial charge >= 0.3 is 0 Å². The van der Waals surface area contributed by atoms with Gasteiger partial charge in [0.05, 0.1) is 19.3 Å². The van der Waals surface area contributed by atoms with Crippen LogP contribution in [0.1, 0.15) is 5.56 Å². The van der Waals surface area contributed by atoms with E-state index >= 15 is 0 Å². The van der Waals surface area contributed by atoms with Crippen LogP contribution in [-0.4, -0.2) is 47.9 Å². The van der Waals surface area contributed by atoms with Crippen LogP contribution in [0.2, 0.25) is 0 Å². The molecule has 17 heavy (non-hydrogen) atoms. The number of ether oxygens (including phenoxy) is 1. The summed E-state index contributed by atoms with van der Waals surface area (Å²) >= 11 is 0. The number of aryl methyl sites for hydroxylation is 1. The number of nitrogens with zero attached hydrogens (tertiary/aromatic N) is 4. The van der Waals surface area contributed by atoms with Gasteiger partial charge in [-0.1, -0.05) is 0 Å². The number of guanidine groups is 1. The summed E-state index contributed by atoms with van der Waals surface area (Å²) in [5, 5.41) is 4.11. The van der Waals surface area contributed by atoms with Gasteiger partial charge in [0, 0.05) is 39.5 Å². The summed E-state index contributed by atoms with van der Waals surface area (Å²) in [6.45, 7) is 1.85.